The summed E-state index contributed by atoms with van der Waals surface area (Å²) in [5.41, 5.74) is 7.10. The standard InChI is InChI=1S/C13H15ClN2S/c14-9-4-5-11-12(7-9)17-13(16-11)8-2-1-3-10(15)6-8/h4-5,7-8,10H,1-3,6,15H2. The third kappa shape index (κ3) is 2.32. The summed E-state index contributed by atoms with van der Waals surface area (Å²) in [5.74, 6) is 0.551. The van der Waals surface area contributed by atoms with Gasteiger partial charge in [0.1, 0.15) is 0 Å². The summed E-state index contributed by atoms with van der Waals surface area (Å²) in [6, 6.07) is 6.26. The zero-order chi connectivity index (χ0) is 11.8. The Balaban J connectivity index is 1.94. The van der Waals surface area contributed by atoms with E-state index in [2.05, 4.69) is 0 Å². The van der Waals surface area contributed by atoms with Gasteiger partial charge in [-0.25, -0.2) is 4.98 Å². The first kappa shape index (κ1) is 11.5. The lowest BCUT2D eigenvalue weighted by Crippen LogP contribution is -2.26. The molecule has 2 nitrogen and oxygen atoms in total. The van der Waals surface area contributed by atoms with Crippen molar-refractivity contribution in [3.63, 3.8) is 0 Å². The van der Waals surface area contributed by atoms with Crippen LogP contribution in [0.3, 0.4) is 0 Å². The van der Waals surface area contributed by atoms with Crippen LogP contribution in [-0.4, -0.2) is 11.0 Å². The number of nitrogens with zero attached hydrogens (tertiary/aromatic N) is 1. The van der Waals surface area contributed by atoms with E-state index >= 15 is 0 Å². The highest BCUT2D eigenvalue weighted by Crippen LogP contribution is 2.36. The van der Waals surface area contributed by atoms with Gasteiger partial charge in [0.15, 0.2) is 0 Å². The summed E-state index contributed by atoms with van der Waals surface area (Å²) in [6.07, 6.45) is 4.69. The van der Waals surface area contributed by atoms with Gasteiger partial charge >= 0.3 is 0 Å². The van der Waals surface area contributed by atoms with Crippen molar-refractivity contribution in [2.75, 3.05) is 0 Å². The van der Waals surface area contributed by atoms with Gasteiger partial charge in [0.2, 0.25) is 0 Å². The number of hydrogen-bond acceptors (Lipinski definition) is 3. The van der Waals surface area contributed by atoms with Gasteiger partial charge in [0, 0.05) is 17.0 Å². The van der Waals surface area contributed by atoms with Crippen LogP contribution < -0.4 is 5.73 Å². The van der Waals surface area contributed by atoms with E-state index in [-0.39, 0.29) is 0 Å². The maximum atomic E-state index is 6.04. The molecule has 2 atom stereocenters. The lowest BCUT2D eigenvalue weighted by molar-refractivity contribution is 0.393. The largest absolute Gasteiger partial charge is 0.328 e. The third-order valence-electron chi connectivity index (χ3n) is 3.43. The molecule has 2 unspecified atom stereocenters. The molecule has 0 aliphatic heterocycles. The lowest BCUT2D eigenvalue weighted by atomic mass is 9.87. The fourth-order valence-electron chi connectivity index (χ4n) is 2.54. The van der Waals surface area contributed by atoms with Crippen LogP contribution in [0, 0.1) is 0 Å². The molecule has 0 radical (unpaired) electrons. The van der Waals surface area contributed by atoms with Crippen LogP contribution in [0.1, 0.15) is 36.6 Å². The van der Waals surface area contributed by atoms with E-state index in [0.717, 1.165) is 23.4 Å². The van der Waals surface area contributed by atoms with Crippen LogP contribution in [0.4, 0.5) is 0 Å². The van der Waals surface area contributed by atoms with Gasteiger partial charge in [-0.1, -0.05) is 18.0 Å². The minimum absolute atomic E-state index is 0.351. The Morgan fingerprint density at radius 1 is 1.35 bits per heavy atom. The Hall–Kier alpha value is -0.640. The van der Waals surface area contributed by atoms with Crippen LogP contribution >= 0.6 is 22.9 Å². The second-order valence-electron chi connectivity index (χ2n) is 4.79. The number of nitrogens with two attached hydrogens (primary N) is 1. The van der Waals surface area contributed by atoms with E-state index in [4.69, 9.17) is 22.3 Å². The normalized spacial score (nSPS) is 25.3. The summed E-state index contributed by atoms with van der Waals surface area (Å²) < 4.78 is 1.19. The first-order chi connectivity index (χ1) is 8.22. The van der Waals surface area contributed by atoms with Gasteiger partial charge in [0.25, 0.3) is 0 Å². The highest BCUT2D eigenvalue weighted by Gasteiger charge is 2.23. The average Bonchev–Trinajstić information content (AvgIpc) is 2.72. The Labute approximate surface area is 110 Å². The highest BCUT2D eigenvalue weighted by atomic mass is 35.5. The average molecular weight is 267 g/mol. The fraction of sp³-hybridized carbons (Fsp3) is 0.462. The molecule has 3 rings (SSSR count). The van der Waals surface area contributed by atoms with E-state index in [1.54, 1.807) is 11.3 Å². The Kier molecular flexibility index (Phi) is 3.07. The third-order valence-corrected chi connectivity index (χ3v) is 4.85. The molecular formula is C13H15ClN2S. The van der Waals surface area contributed by atoms with E-state index in [0.29, 0.717) is 12.0 Å². The SMILES string of the molecule is NC1CCCC(c2nc3ccc(Cl)cc3s2)C1. The molecule has 2 aromatic rings. The predicted octanol–water partition coefficient (Wildman–Crippen LogP) is 3.93. The predicted molar refractivity (Wildman–Crippen MR) is 73.8 cm³/mol. The molecule has 1 fully saturated rings. The molecule has 0 spiro atoms. The van der Waals surface area contributed by atoms with Crippen LogP contribution in [0.2, 0.25) is 5.02 Å². The summed E-state index contributed by atoms with van der Waals surface area (Å²) in [4.78, 5) is 4.72. The summed E-state index contributed by atoms with van der Waals surface area (Å²) in [7, 11) is 0. The highest BCUT2D eigenvalue weighted by molar-refractivity contribution is 7.18. The zero-order valence-corrected chi connectivity index (χ0v) is 11.1. The Morgan fingerprint density at radius 3 is 3.06 bits per heavy atom. The second kappa shape index (κ2) is 4.56. The summed E-state index contributed by atoms with van der Waals surface area (Å²) in [6.45, 7) is 0. The van der Waals surface area contributed by atoms with Crippen molar-refractivity contribution in [2.24, 2.45) is 5.73 Å². The van der Waals surface area contributed by atoms with Crippen molar-refractivity contribution in [1.82, 2.24) is 4.98 Å². The Morgan fingerprint density at radius 2 is 2.24 bits per heavy atom. The zero-order valence-electron chi connectivity index (χ0n) is 9.53. The second-order valence-corrected chi connectivity index (χ2v) is 6.29. The van der Waals surface area contributed by atoms with Crippen LogP contribution in [0.15, 0.2) is 18.2 Å². The molecule has 1 heterocycles. The maximum absolute atomic E-state index is 6.04. The minimum Gasteiger partial charge on any atom is -0.328 e. The molecule has 1 aromatic heterocycles. The number of halogens is 1. The molecule has 1 aromatic carbocycles. The van der Waals surface area contributed by atoms with Crippen LogP contribution in [-0.2, 0) is 0 Å². The molecule has 0 amide bonds. The number of thiazole rings is 1. The molecule has 1 aliphatic rings. The van der Waals surface area contributed by atoms with E-state index < -0.39 is 0 Å². The topological polar surface area (TPSA) is 38.9 Å². The maximum Gasteiger partial charge on any atom is 0.0970 e. The lowest BCUT2D eigenvalue weighted by Gasteiger charge is -2.24. The number of benzene rings is 1. The summed E-state index contributed by atoms with van der Waals surface area (Å²) >= 11 is 7.76. The van der Waals surface area contributed by atoms with E-state index in [1.165, 1.54) is 22.5 Å². The van der Waals surface area contributed by atoms with Crippen LogP contribution in [0.25, 0.3) is 10.2 Å². The quantitative estimate of drug-likeness (QED) is 0.849. The smallest absolute Gasteiger partial charge is 0.0970 e. The first-order valence-electron chi connectivity index (χ1n) is 6.04. The molecule has 17 heavy (non-hydrogen) atoms. The molecule has 4 heteroatoms. The molecule has 1 aliphatic carbocycles. The van der Waals surface area contributed by atoms with Crippen LogP contribution in [0.5, 0.6) is 0 Å². The van der Waals surface area contributed by atoms with Gasteiger partial charge in [-0.3, -0.25) is 0 Å². The van der Waals surface area contributed by atoms with Crippen molar-refractivity contribution < 1.29 is 0 Å². The first-order valence-corrected chi connectivity index (χ1v) is 7.23. The fourth-order valence-corrected chi connectivity index (χ4v) is 3.93. The van der Waals surface area contributed by atoms with Crippen molar-refractivity contribution in [3.05, 3.63) is 28.2 Å². The van der Waals surface area contributed by atoms with Crippen molar-refractivity contribution in [2.45, 2.75) is 37.6 Å². The number of aromatic nitrogens is 1. The molecule has 0 bridgehead atoms. The molecule has 0 saturated heterocycles. The molecule has 1 saturated carbocycles. The number of rotatable bonds is 1. The Bertz CT molecular complexity index is 537. The summed E-state index contributed by atoms with van der Waals surface area (Å²) in [5, 5.41) is 2.02. The molecular weight excluding hydrogens is 252 g/mol. The van der Waals surface area contributed by atoms with Gasteiger partial charge in [0.05, 0.1) is 15.2 Å². The van der Waals surface area contributed by atoms with Gasteiger partial charge in [-0.15, -0.1) is 11.3 Å². The number of fused-ring (bicyclic) bond motifs is 1. The van der Waals surface area contributed by atoms with Gasteiger partial charge < -0.3 is 5.73 Å². The molecule has 2 N–H and O–H groups in total. The van der Waals surface area contributed by atoms with Gasteiger partial charge in [-0.05, 0) is 37.5 Å². The number of hydrogen-bond donors (Lipinski definition) is 1. The van der Waals surface area contributed by atoms with E-state index in [1.807, 2.05) is 18.2 Å². The van der Waals surface area contributed by atoms with Gasteiger partial charge in [-0.2, -0.15) is 0 Å². The monoisotopic (exact) mass is 266 g/mol. The van der Waals surface area contributed by atoms with Crippen molar-refractivity contribution >= 4 is 33.2 Å². The van der Waals surface area contributed by atoms with E-state index in [9.17, 15) is 0 Å². The van der Waals surface area contributed by atoms with Crippen molar-refractivity contribution in [1.29, 1.82) is 0 Å². The van der Waals surface area contributed by atoms with Crippen molar-refractivity contribution in [3.8, 4) is 0 Å². The minimum atomic E-state index is 0.351. The molecule has 90 valence electrons.